The van der Waals surface area contributed by atoms with E-state index in [1.54, 1.807) is 0 Å². The second kappa shape index (κ2) is 7.58. The van der Waals surface area contributed by atoms with Crippen LogP contribution in [0.5, 0.6) is 0 Å². The Morgan fingerprint density at radius 2 is 1.25 bits per heavy atom. The molecule has 0 atom stereocenters. The first kappa shape index (κ1) is 20.7. The normalized spacial score (nSPS) is 13.9. The third-order valence-corrected chi connectivity index (χ3v) is 4.77. The topological polar surface area (TPSA) is 142 Å². The molecule has 0 aromatic heterocycles. The van der Waals surface area contributed by atoms with Crippen molar-refractivity contribution >= 4 is 35.9 Å². The molecule has 2 aliphatic rings. The molecule has 4 rings (SSSR count). The summed E-state index contributed by atoms with van der Waals surface area (Å²) in [4.78, 5) is 71.4. The summed E-state index contributed by atoms with van der Waals surface area (Å²) in [6.07, 6.45) is -2.35. The zero-order valence-electron chi connectivity index (χ0n) is 16.4. The summed E-state index contributed by atoms with van der Waals surface area (Å²) < 4.78 is 14.5. The number of nitrogens with one attached hydrogen (secondary N) is 1. The van der Waals surface area contributed by atoms with E-state index in [2.05, 4.69) is 16.1 Å². The van der Waals surface area contributed by atoms with E-state index in [0.717, 1.165) is 0 Å². The summed E-state index contributed by atoms with van der Waals surface area (Å²) in [5, 5.41) is 1.99. The Morgan fingerprint density at radius 3 is 1.69 bits per heavy atom. The average molecular weight is 435 g/mol. The van der Waals surface area contributed by atoms with Gasteiger partial charge in [0.2, 0.25) is 0 Å². The highest BCUT2D eigenvalue weighted by atomic mass is 16.6. The molecule has 0 unspecified atom stereocenters. The molecule has 0 bridgehead atoms. The van der Waals surface area contributed by atoms with Gasteiger partial charge in [-0.3, -0.25) is 10.1 Å². The predicted octanol–water partition coefficient (Wildman–Crippen LogP) is 2.23. The van der Waals surface area contributed by atoms with Crippen molar-refractivity contribution in [1.29, 1.82) is 0 Å². The Balaban J connectivity index is 1.75. The maximum Gasteiger partial charge on any atom is 0.415 e. The molecule has 0 saturated heterocycles. The van der Waals surface area contributed by atoms with Crippen molar-refractivity contribution in [2.75, 3.05) is 0 Å². The van der Waals surface area contributed by atoms with Gasteiger partial charge in [0.1, 0.15) is 0 Å². The van der Waals surface area contributed by atoms with Gasteiger partial charge in [0.05, 0.1) is 22.3 Å². The lowest BCUT2D eigenvalue weighted by atomic mass is 9.95. The zero-order chi connectivity index (χ0) is 23.2. The van der Waals surface area contributed by atoms with Crippen molar-refractivity contribution in [3.05, 3.63) is 81.9 Å². The number of ether oxygens (including phenoxy) is 3. The molecule has 0 spiro atoms. The minimum atomic E-state index is -1.23. The van der Waals surface area contributed by atoms with Gasteiger partial charge in [-0.25, -0.2) is 24.0 Å². The molecule has 2 aromatic carbocycles. The van der Waals surface area contributed by atoms with Crippen LogP contribution in [0.3, 0.4) is 0 Å². The zero-order valence-corrected chi connectivity index (χ0v) is 16.4. The molecule has 160 valence electrons. The van der Waals surface area contributed by atoms with E-state index in [-0.39, 0.29) is 39.0 Å². The van der Waals surface area contributed by atoms with Crippen LogP contribution >= 0.6 is 0 Å². The highest BCUT2D eigenvalue weighted by Gasteiger charge is 2.34. The lowest BCUT2D eigenvalue weighted by molar-refractivity contribution is -0.116. The molecular weight excluding hydrogens is 422 g/mol. The SMILES string of the molecule is C=C(C)C(=O)NC(=O)OC(c1ccc2c(c1)C(=O)OC2=O)c1ccc2c(c1)C(=O)OC2=O. The highest BCUT2D eigenvalue weighted by molar-refractivity contribution is 6.15. The van der Waals surface area contributed by atoms with Crippen molar-refractivity contribution in [1.82, 2.24) is 5.32 Å². The number of benzene rings is 2. The van der Waals surface area contributed by atoms with E-state index in [4.69, 9.17) is 4.74 Å². The number of imide groups is 1. The predicted molar refractivity (Wildman–Crippen MR) is 104 cm³/mol. The number of fused-ring (bicyclic) bond motifs is 2. The Kier molecular flexibility index (Phi) is 4.90. The van der Waals surface area contributed by atoms with Crippen LogP contribution in [-0.2, 0) is 19.0 Å². The van der Waals surface area contributed by atoms with E-state index in [9.17, 15) is 28.8 Å². The third kappa shape index (κ3) is 3.54. The van der Waals surface area contributed by atoms with E-state index >= 15 is 0 Å². The fourth-order valence-corrected chi connectivity index (χ4v) is 3.20. The van der Waals surface area contributed by atoms with Crippen molar-refractivity contribution in [2.45, 2.75) is 13.0 Å². The number of carbonyl (C=O) groups excluding carboxylic acids is 6. The van der Waals surface area contributed by atoms with Gasteiger partial charge in [-0.1, -0.05) is 18.7 Å². The molecule has 2 aliphatic heterocycles. The van der Waals surface area contributed by atoms with Crippen LogP contribution in [0.2, 0.25) is 0 Å². The van der Waals surface area contributed by atoms with Crippen molar-refractivity contribution in [3.8, 4) is 0 Å². The van der Waals surface area contributed by atoms with Crippen LogP contribution in [0.15, 0.2) is 48.6 Å². The maximum atomic E-state index is 12.3. The molecule has 2 amide bonds. The fourth-order valence-electron chi connectivity index (χ4n) is 3.20. The van der Waals surface area contributed by atoms with E-state index in [1.165, 1.54) is 43.3 Å². The molecule has 10 heteroatoms. The van der Waals surface area contributed by atoms with Gasteiger partial charge in [-0.2, -0.15) is 0 Å². The first-order valence-corrected chi connectivity index (χ1v) is 9.14. The lowest BCUT2D eigenvalue weighted by Gasteiger charge is -2.19. The van der Waals surface area contributed by atoms with Crippen molar-refractivity contribution < 1.29 is 43.0 Å². The molecule has 2 heterocycles. The second-order valence-corrected chi connectivity index (χ2v) is 6.98. The summed E-state index contributed by atoms with van der Waals surface area (Å²) in [6, 6.07) is 8.12. The number of alkyl carbamates (subject to hydrolysis) is 1. The van der Waals surface area contributed by atoms with Gasteiger partial charge in [-0.15, -0.1) is 0 Å². The van der Waals surface area contributed by atoms with Crippen LogP contribution < -0.4 is 5.32 Å². The maximum absolute atomic E-state index is 12.3. The van der Waals surface area contributed by atoms with Gasteiger partial charge in [-0.05, 0) is 42.3 Å². The molecule has 0 radical (unpaired) electrons. The minimum Gasteiger partial charge on any atom is -0.436 e. The summed E-state index contributed by atoms with van der Waals surface area (Å²) in [5.74, 6) is -4.11. The molecule has 0 saturated carbocycles. The second-order valence-electron chi connectivity index (χ2n) is 6.98. The highest BCUT2D eigenvalue weighted by Crippen LogP contribution is 2.33. The Bertz CT molecular complexity index is 1200. The molecule has 10 nitrogen and oxygen atoms in total. The summed E-state index contributed by atoms with van der Waals surface area (Å²) in [6.45, 7) is 4.82. The molecule has 32 heavy (non-hydrogen) atoms. The Labute approximate surface area is 179 Å². The minimum absolute atomic E-state index is 0.0322. The Hall–Kier alpha value is -4.60. The molecule has 0 aliphatic carbocycles. The Morgan fingerprint density at radius 1 is 0.812 bits per heavy atom. The number of cyclic esters (lactones) is 4. The monoisotopic (exact) mass is 435 g/mol. The summed E-state index contributed by atoms with van der Waals surface area (Å²) >= 11 is 0. The number of esters is 4. The largest absolute Gasteiger partial charge is 0.436 e. The van der Waals surface area contributed by atoms with Crippen molar-refractivity contribution in [3.63, 3.8) is 0 Å². The fraction of sp³-hybridized carbons (Fsp3) is 0.0909. The first-order chi connectivity index (χ1) is 15.2. The number of hydrogen-bond acceptors (Lipinski definition) is 9. The van der Waals surface area contributed by atoms with E-state index in [1.807, 2.05) is 5.32 Å². The third-order valence-electron chi connectivity index (χ3n) is 4.77. The molecule has 1 N–H and O–H groups in total. The molecule has 2 aromatic rings. The molecule has 0 fully saturated rings. The molecular formula is C22H13NO9. The van der Waals surface area contributed by atoms with Gasteiger partial charge in [0, 0.05) is 5.57 Å². The van der Waals surface area contributed by atoms with Crippen LogP contribution in [-0.4, -0.2) is 35.9 Å². The summed E-state index contributed by atoms with van der Waals surface area (Å²) in [5.41, 5.74) is 0.573. The number of carbonyl (C=O) groups is 6. The smallest absolute Gasteiger partial charge is 0.415 e. The lowest BCUT2D eigenvalue weighted by Crippen LogP contribution is -2.32. The van der Waals surface area contributed by atoms with Crippen LogP contribution in [0.4, 0.5) is 4.79 Å². The van der Waals surface area contributed by atoms with E-state index < -0.39 is 42.0 Å². The van der Waals surface area contributed by atoms with Crippen molar-refractivity contribution in [2.24, 2.45) is 0 Å². The quantitative estimate of drug-likeness (QED) is 0.331. The first-order valence-electron chi connectivity index (χ1n) is 9.14. The van der Waals surface area contributed by atoms with Gasteiger partial charge in [0.25, 0.3) is 5.91 Å². The van der Waals surface area contributed by atoms with Gasteiger partial charge < -0.3 is 14.2 Å². The summed E-state index contributed by atoms with van der Waals surface area (Å²) in [7, 11) is 0. The van der Waals surface area contributed by atoms with Crippen LogP contribution in [0.1, 0.15) is 65.6 Å². The average Bonchev–Trinajstić information content (AvgIpc) is 3.20. The van der Waals surface area contributed by atoms with Crippen LogP contribution in [0, 0.1) is 0 Å². The van der Waals surface area contributed by atoms with E-state index in [0.29, 0.717) is 0 Å². The number of rotatable bonds is 4. The standard InChI is InChI=1S/C22H13NO9/c1-9(2)17(24)23-22(29)30-16(10-3-5-12-14(7-10)20(27)31-18(12)25)11-4-6-13-15(8-11)21(28)32-19(13)26/h3-8,16H,1H2,2H3,(H,23,24,29). The number of amides is 2. The van der Waals surface area contributed by atoms with Crippen LogP contribution in [0.25, 0.3) is 0 Å². The number of hydrogen-bond donors (Lipinski definition) is 1. The van der Waals surface area contributed by atoms with Gasteiger partial charge in [0.15, 0.2) is 6.10 Å². The van der Waals surface area contributed by atoms with Gasteiger partial charge >= 0.3 is 30.0 Å².